The minimum Gasteiger partial charge on any atom is -0.485 e. The molecule has 0 spiro atoms. The lowest BCUT2D eigenvalue weighted by molar-refractivity contribution is -0.113. The first kappa shape index (κ1) is 22.5. The maximum atomic E-state index is 12.3. The number of hydrogen-bond acceptors (Lipinski definition) is 5. The molecule has 0 bridgehead atoms. The second-order valence-corrected chi connectivity index (χ2v) is 8.45. The van der Waals surface area contributed by atoms with Crippen molar-refractivity contribution in [2.75, 3.05) is 11.1 Å². The fourth-order valence-corrected chi connectivity index (χ4v) is 3.92. The van der Waals surface area contributed by atoms with Crippen LogP contribution in [0, 0.1) is 13.8 Å². The molecule has 30 heavy (non-hydrogen) atoms. The molecule has 3 aromatic rings. The second kappa shape index (κ2) is 10.2. The fourth-order valence-electron chi connectivity index (χ4n) is 2.76. The zero-order valence-electron chi connectivity index (χ0n) is 16.9. The maximum Gasteiger partial charge on any atom is 0.234 e. The highest BCUT2D eigenvalue weighted by molar-refractivity contribution is 7.99. The summed E-state index contributed by atoms with van der Waals surface area (Å²) in [7, 11) is 0. The Morgan fingerprint density at radius 1 is 1.17 bits per heavy atom. The first-order valence-electron chi connectivity index (χ1n) is 9.37. The molecule has 0 fully saturated rings. The summed E-state index contributed by atoms with van der Waals surface area (Å²) in [4.78, 5) is 12.3. The van der Waals surface area contributed by atoms with Crippen LogP contribution in [-0.4, -0.2) is 26.4 Å². The van der Waals surface area contributed by atoms with Gasteiger partial charge in [0, 0.05) is 11.6 Å². The molecule has 1 N–H and O–H groups in total. The minimum atomic E-state index is -0.206. The zero-order chi connectivity index (χ0) is 21.7. The predicted molar refractivity (Wildman–Crippen MR) is 122 cm³/mol. The van der Waals surface area contributed by atoms with Gasteiger partial charge in [-0.1, -0.05) is 47.1 Å². The third kappa shape index (κ3) is 5.68. The van der Waals surface area contributed by atoms with Crippen LogP contribution >= 0.6 is 35.0 Å². The van der Waals surface area contributed by atoms with Gasteiger partial charge in [-0.25, -0.2) is 0 Å². The molecule has 0 unspecified atom stereocenters. The number of ether oxygens (including phenoxy) is 1. The largest absolute Gasteiger partial charge is 0.485 e. The predicted octanol–water partition coefficient (Wildman–Crippen LogP) is 5.53. The van der Waals surface area contributed by atoms with Gasteiger partial charge >= 0.3 is 0 Å². The fraction of sp³-hybridized carbons (Fsp3) is 0.286. The number of anilines is 1. The Labute approximate surface area is 189 Å². The van der Waals surface area contributed by atoms with Crippen molar-refractivity contribution in [3.05, 3.63) is 63.4 Å². The van der Waals surface area contributed by atoms with Gasteiger partial charge in [0.2, 0.25) is 5.91 Å². The van der Waals surface area contributed by atoms with E-state index in [0.717, 1.165) is 16.9 Å². The molecule has 0 radical (unpaired) electrons. The Balaban J connectivity index is 1.61. The van der Waals surface area contributed by atoms with Crippen LogP contribution in [0.2, 0.25) is 10.0 Å². The van der Waals surface area contributed by atoms with Crippen LogP contribution in [0.25, 0.3) is 0 Å². The zero-order valence-corrected chi connectivity index (χ0v) is 19.2. The molecule has 2 aromatic carbocycles. The summed E-state index contributed by atoms with van der Waals surface area (Å²) in [6.07, 6.45) is 0. The Kier molecular flexibility index (Phi) is 7.64. The van der Waals surface area contributed by atoms with E-state index in [9.17, 15) is 4.79 Å². The van der Waals surface area contributed by atoms with Gasteiger partial charge in [-0.15, -0.1) is 10.2 Å². The van der Waals surface area contributed by atoms with E-state index in [1.54, 1.807) is 18.2 Å². The summed E-state index contributed by atoms with van der Waals surface area (Å²) in [6, 6.07) is 11.0. The number of hydrogen-bond donors (Lipinski definition) is 1. The summed E-state index contributed by atoms with van der Waals surface area (Å²) in [6.45, 7) is 7.00. The van der Waals surface area contributed by atoms with Gasteiger partial charge in [0.15, 0.2) is 11.0 Å². The van der Waals surface area contributed by atoms with Crippen LogP contribution in [0.5, 0.6) is 5.75 Å². The van der Waals surface area contributed by atoms with E-state index in [4.69, 9.17) is 27.9 Å². The highest BCUT2D eigenvalue weighted by Crippen LogP contribution is 2.26. The number of thioether (sulfide) groups is 1. The second-order valence-electron chi connectivity index (χ2n) is 6.66. The van der Waals surface area contributed by atoms with E-state index >= 15 is 0 Å². The third-order valence-electron chi connectivity index (χ3n) is 4.34. The molecule has 0 aliphatic heterocycles. The molecule has 0 aliphatic carbocycles. The van der Waals surface area contributed by atoms with Crippen molar-refractivity contribution in [1.29, 1.82) is 0 Å². The number of benzene rings is 2. The molecule has 158 valence electrons. The van der Waals surface area contributed by atoms with Gasteiger partial charge in [0.05, 0.1) is 16.5 Å². The van der Waals surface area contributed by atoms with E-state index in [2.05, 4.69) is 15.5 Å². The number of carbonyl (C=O) groups excluding carboxylic acids is 1. The van der Waals surface area contributed by atoms with Crippen molar-refractivity contribution in [2.24, 2.45) is 0 Å². The van der Waals surface area contributed by atoms with Crippen LogP contribution in [0.15, 0.2) is 41.6 Å². The molecule has 0 atom stereocenters. The molecule has 1 amide bonds. The number of nitrogens with one attached hydrogen (secondary N) is 1. The number of carbonyl (C=O) groups is 1. The summed E-state index contributed by atoms with van der Waals surface area (Å²) >= 11 is 13.4. The highest BCUT2D eigenvalue weighted by atomic mass is 35.5. The molecular weight excluding hydrogens is 443 g/mol. The normalized spacial score (nSPS) is 10.8. The average Bonchev–Trinajstić information content (AvgIpc) is 3.11. The van der Waals surface area contributed by atoms with Crippen molar-refractivity contribution >= 4 is 46.6 Å². The Bertz CT molecular complexity index is 1060. The van der Waals surface area contributed by atoms with Crippen LogP contribution in [-0.2, 0) is 17.9 Å². The summed E-state index contributed by atoms with van der Waals surface area (Å²) in [5.74, 6) is 1.49. The van der Waals surface area contributed by atoms with Crippen molar-refractivity contribution < 1.29 is 9.53 Å². The van der Waals surface area contributed by atoms with Crippen LogP contribution < -0.4 is 10.1 Å². The van der Waals surface area contributed by atoms with E-state index in [1.165, 1.54) is 11.8 Å². The number of aromatic nitrogens is 3. The number of aryl methyl sites for hydroxylation is 2. The molecular formula is C21H22Cl2N4O2S. The van der Waals surface area contributed by atoms with Gasteiger partial charge in [-0.3, -0.25) is 4.79 Å². The number of halogens is 2. The number of amides is 1. The molecule has 0 saturated heterocycles. The lowest BCUT2D eigenvalue weighted by Crippen LogP contribution is -2.15. The molecule has 9 heteroatoms. The van der Waals surface area contributed by atoms with Gasteiger partial charge in [0.25, 0.3) is 0 Å². The lowest BCUT2D eigenvalue weighted by Gasteiger charge is -2.11. The molecule has 0 saturated carbocycles. The number of rotatable bonds is 8. The molecule has 1 aromatic heterocycles. The van der Waals surface area contributed by atoms with Gasteiger partial charge < -0.3 is 14.6 Å². The monoisotopic (exact) mass is 464 g/mol. The molecule has 3 rings (SSSR count). The van der Waals surface area contributed by atoms with E-state index < -0.39 is 0 Å². The highest BCUT2D eigenvalue weighted by Gasteiger charge is 2.15. The minimum absolute atomic E-state index is 0.165. The first-order chi connectivity index (χ1) is 14.4. The Morgan fingerprint density at radius 2 is 1.97 bits per heavy atom. The van der Waals surface area contributed by atoms with Crippen molar-refractivity contribution in [1.82, 2.24) is 14.8 Å². The van der Waals surface area contributed by atoms with E-state index in [-0.39, 0.29) is 11.7 Å². The van der Waals surface area contributed by atoms with Gasteiger partial charge in [-0.05, 0) is 56.2 Å². The molecule has 0 aliphatic rings. The molecule has 1 heterocycles. The Morgan fingerprint density at radius 3 is 2.73 bits per heavy atom. The van der Waals surface area contributed by atoms with E-state index in [1.807, 2.05) is 43.5 Å². The molecule has 6 nitrogen and oxygen atoms in total. The van der Waals surface area contributed by atoms with Crippen molar-refractivity contribution in [3.63, 3.8) is 0 Å². The maximum absolute atomic E-state index is 12.3. The van der Waals surface area contributed by atoms with Gasteiger partial charge in [0.1, 0.15) is 12.4 Å². The van der Waals surface area contributed by atoms with E-state index in [0.29, 0.717) is 39.9 Å². The van der Waals surface area contributed by atoms with Crippen molar-refractivity contribution in [3.8, 4) is 5.75 Å². The number of nitrogens with zero attached hydrogens (tertiary/aromatic N) is 3. The van der Waals surface area contributed by atoms with Crippen LogP contribution in [0.4, 0.5) is 5.69 Å². The third-order valence-corrected chi connectivity index (χ3v) is 5.88. The standard InChI is InChI=1S/C21H22Cl2N4O2S/c1-4-27-19(11-29-18-9-13(2)5-6-14(18)3)25-26-21(27)30-12-20(28)24-17-10-15(22)7-8-16(17)23/h5-10H,4,11-12H2,1-3H3,(H,24,28). The van der Waals surface area contributed by atoms with Crippen LogP contribution in [0.3, 0.4) is 0 Å². The SMILES string of the molecule is CCn1c(COc2cc(C)ccc2C)nnc1SCC(=O)Nc1cc(Cl)ccc1Cl. The topological polar surface area (TPSA) is 69.0 Å². The smallest absolute Gasteiger partial charge is 0.234 e. The van der Waals surface area contributed by atoms with Crippen molar-refractivity contribution in [2.45, 2.75) is 39.1 Å². The first-order valence-corrected chi connectivity index (χ1v) is 11.1. The average molecular weight is 465 g/mol. The summed E-state index contributed by atoms with van der Waals surface area (Å²) < 4.78 is 7.89. The van der Waals surface area contributed by atoms with Gasteiger partial charge in [-0.2, -0.15) is 0 Å². The summed E-state index contributed by atoms with van der Waals surface area (Å²) in [5.41, 5.74) is 2.68. The Hall–Kier alpha value is -2.22. The summed E-state index contributed by atoms with van der Waals surface area (Å²) in [5, 5.41) is 12.8. The lowest BCUT2D eigenvalue weighted by atomic mass is 10.1. The quantitative estimate of drug-likeness (QED) is 0.443. The van der Waals surface area contributed by atoms with Crippen LogP contribution in [0.1, 0.15) is 23.9 Å².